The summed E-state index contributed by atoms with van der Waals surface area (Å²) in [7, 11) is 0. The van der Waals surface area contributed by atoms with Crippen molar-refractivity contribution < 1.29 is 13.9 Å². The van der Waals surface area contributed by atoms with Gasteiger partial charge in [0.1, 0.15) is 28.6 Å². The third-order valence-corrected chi connectivity index (χ3v) is 9.90. The number of phenols is 1. The van der Waals surface area contributed by atoms with Gasteiger partial charge in [0.2, 0.25) is 0 Å². The Labute approximate surface area is 248 Å². The molecule has 0 aliphatic carbocycles. The first-order valence-electron chi connectivity index (χ1n) is 15.2. The minimum absolute atomic E-state index is 0.00553. The normalized spacial score (nSPS) is 23.0. The van der Waals surface area contributed by atoms with Crippen LogP contribution in [0.4, 0.5) is 14.6 Å². The third-order valence-electron chi connectivity index (χ3n) is 9.90. The predicted molar refractivity (Wildman–Crippen MR) is 164 cm³/mol. The Kier molecular flexibility index (Phi) is 6.14. The maximum absolute atomic E-state index is 16.8. The van der Waals surface area contributed by atoms with Crippen LogP contribution in [-0.2, 0) is 0 Å². The number of phenolic OH excluding ortho intramolecular Hbond substituents is 1. The van der Waals surface area contributed by atoms with Gasteiger partial charge in [-0.2, -0.15) is 0 Å². The number of aromatic nitrogens is 3. The SMILES string of the molecule is C#Cc1c(F)ccc2cc(O)cc(-c3ncc4c(N5CC6CCC(C5)N6)nc(/C=C/C56CCCN5CCC6)nc4c3F)c12. The van der Waals surface area contributed by atoms with Crippen LogP contribution in [0.1, 0.15) is 49.9 Å². The van der Waals surface area contributed by atoms with Gasteiger partial charge in [0.25, 0.3) is 0 Å². The van der Waals surface area contributed by atoms with Crippen molar-refractivity contribution >= 4 is 33.6 Å². The van der Waals surface area contributed by atoms with Crippen molar-refractivity contribution in [3.63, 3.8) is 0 Å². The molecule has 0 amide bonds. The third kappa shape index (κ3) is 4.27. The smallest absolute Gasteiger partial charge is 0.175 e. The number of terminal acetylenes is 1. The van der Waals surface area contributed by atoms with Gasteiger partial charge >= 0.3 is 0 Å². The molecule has 4 saturated heterocycles. The summed E-state index contributed by atoms with van der Waals surface area (Å²) in [6, 6.07) is 6.35. The van der Waals surface area contributed by atoms with Gasteiger partial charge < -0.3 is 15.3 Å². The van der Waals surface area contributed by atoms with Gasteiger partial charge in [-0.25, -0.2) is 18.7 Å². The average Bonchev–Trinajstić information content (AvgIpc) is 3.69. The van der Waals surface area contributed by atoms with Crippen molar-refractivity contribution in [3.05, 3.63) is 59.6 Å². The number of aromatic hydroxyl groups is 1. The molecule has 7 nitrogen and oxygen atoms in total. The number of fused-ring (bicyclic) bond motifs is 5. The number of hydrogen-bond acceptors (Lipinski definition) is 7. The number of hydrogen-bond donors (Lipinski definition) is 2. The number of anilines is 1. The highest BCUT2D eigenvalue weighted by molar-refractivity contribution is 6.03. The summed E-state index contributed by atoms with van der Waals surface area (Å²) < 4.78 is 31.5. The summed E-state index contributed by atoms with van der Waals surface area (Å²) in [6.07, 6.45) is 18.2. The maximum Gasteiger partial charge on any atom is 0.175 e. The van der Waals surface area contributed by atoms with Crippen molar-refractivity contribution in [1.82, 2.24) is 25.2 Å². The number of benzene rings is 2. The highest BCUT2D eigenvalue weighted by Crippen LogP contribution is 2.41. The molecular formula is C34H32F2N6O. The summed E-state index contributed by atoms with van der Waals surface area (Å²) in [5.41, 5.74) is 0.319. The van der Waals surface area contributed by atoms with E-state index in [1.807, 2.05) is 6.08 Å². The van der Waals surface area contributed by atoms with E-state index in [9.17, 15) is 9.50 Å². The van der Waals surface area contributed by atoms with Gasteiger partial charge in [-0.1, -0.05) is 18.1 Å². The molecule has 2 N–H and O–H groups in total. The molecule has 2 bridgehead atoms. The molecule has 2 unspecified atom stereocenters. The van der Waals surface area contributed by atoms with Crippen LogP contribution in [0.3, 0.4) is 0 Å². The number of piperazine rings is 1. The van der Waals surface area contributed by atoms with Crippen molar-refractivity contribution in [1.29, 1.82) is 0 Å². The van der Waals surface area contributed by atoms with E-state index in [4.69, 9.17) is 16.4 Å². The van der Waals surface area contributed by atoms with Crippen LogP contribution in [-0.4, -0.2) is 68.8 Å². The Morgan fingerprint density at radius 1 is 1.07 bits per heavy atom. The Hall–Kier alpha value is -4.13. The molecule has 4 aliphatic rings. The lowest BCUT2D eigenvalue weighted by atomic mass is 9.93. The standard InChI is InChI=1S/C34H32F2N6O/c1-2-24-27(35)8-5-20-15-23(43)16-25(29(20)24)31-30(36)32-26(17-37-31)33(41-18-21-6-7-22(19-41)38-21)40-28(39-32)9-12-34-10-3-13-42(34)14-4-11-34/h1,5,8-9,12,15-17,21-22,38,43H,3-4,6-7,10-11,13-14,18-19H2/b12-9+. The summed E-state index contributed by atoms with van der Waals surface area (Å²) in [4.78, 5) is 19.1. The molecule has 0 saturated carbocycles. The van der Waals surface area contributed by atoms with Crippen molar-refractivity contribution in [2.24, 2.45) is 0 Å². The van der Waals surface area contributed by atoms with Gasteiger partial charge in [0, 0.05) is 47.9 Å². The number of halogens is 2. The Bertz CT molecular complexity index is 1840. The number of pyridine rings is 1. The van der Waals surface area contributed by atoms with Crippen LogP contribution in [0.25, 0.3) is 39.0 Å². The fraction of sp³-hybridized carbons (Fsp3) is 0.382. The van der Waals surface area contributed by atoms with Crippen LogP contribution in [0.15, 0.2) is 36.5 Å². The van der Waals surface area contributed by atoms with Crippen molar-refractivity contribution in [2.75, 3.05) is 31.1 Å². The second-order valence-electron chi connectivity index (χ2n) is 12.4. The topological polar surface area (TPSA) is 77.4 Å². The molecule has 2 aromatic heterocycles. The zero-order chi connectivity index (χ0) is 29.3. The molecule has 0 spiro atoms. The van der Waals surface area contributed by atoms with E-state index in [0.717, 1.165) is 51.9 Å². The van der Waals surface area contributed by atoms with Crippen LogP contribution in [0.2, 0.25) is 0 Å². The lowest BCUT2D eigenvalue weighted by Crippen LogP contribution is -2.51. The Morgan fingerprint density at radius 3 is 2.58 bits per heavy atom. The molecule has 43 heavy (non-hydrogen) atoms. The molecule has 9 heteroatoms. The summed E-state index contributed by atoms with van der Waals surface area (Å²) in [5, 5.41) is 15.5. The van der Waals surface area contributed by atoms with E-state index in [1.54, 1.807) is 6.20 Å². The maximum atomic E-state index is 16.8. The number of nitrogens with zero attached hydrogens (tertiary/aromatic N) is 5. The molecular weight excluding hydrogens is 546 g/mol. The molecule has 0 radical (unpaired) electrons. The van der Waals surface area contributed by atoms with Crippen molar-refractivity contribution in [3.8, 4) is 29.4 Å². The Balaban J connectivity index is 1.32. The fourth-order valence-corrected chi connectivity index (χ4v) is 7.94. The first kappa shape index (κ1) is 26.5. The second kappa shape index (κ2) is 9.97. The van der Waals surface area contributed by atoms with Gasteiger partial charge in [0.05, 0.1) is 10.9 Å². The minimum atomic E-state index is -0.658. The highest BCUT2D eigenvalue weighted by atomic mass is 19.1. The van der Waals surface area contributed by atoms with E-state index in [1.165, 1.54) is 37.1 Å². The van der Waals surface area contributed by atoms with Crippen LogP contribution in [0.5, 0.6) is 5.75 Å². The summed E-state index contributed by atoms with van der Waals surface area (Å²) >= 11 is 0. The average molecular weight is 579 g/mol. The molecule has 4 aromatic rings. The summed E-state index contributed by atoms with van der Waals surface area (Å²) in [5.74, 6) is 2.17. The van der Waals surface area contributed by atoms with Gasteiger partial charge in [-0.3, -0.25) is 9.88 Å². The summed E-state index contributed by atoms with van der Waals surface area (Å²) in [6.45, 7) is 3.74. The van der Waals surface area contributed by atoms with E-state index in [0.29, 0.717) is 39.9 Å². The monoisotopic (exact) mass is 578 g/mol. The van der Waals surface area contributed by atoms with Gasteiger partial charge in [-0.05, 0) is 81.3 Å². The Morgan fingerprint density at radius 2 is 1.84 bits per heavy atom. The zero-order valence-corrected chi connectivity index (χ0v) is 23.8. The van der Waals surface area contributed by atoms with Crippen LogP contribution < -0.4 is 10.2 Å². The quantitative estimate of drug-likeness (QED) is 0.315. The first-order chi connectivity index (χ1) is 20.9. The molecule has 2 atom stereocenters. The lowest BCUT2D eigenvalue weighted by molar-refractivity contribution is 0.251. The van der Waals surface area contributed by atoms with Gasteiger partial charge in [0.15, 0.2) is 11.6 Å². The zero-order valence-electron chi connectivity index (χ0n) is 23.8. The number of nitrogens with one attached hydrogen (secondary N) is 1. The second-order valence-corrected chi connectivity index (χ2v) is 12.4. The van der Waals surface area contributed by atoms with Crippen molar-refractivity contribution in [2.45, 2.75) is 56.1 Å². The van der Waals surface area contributed by atoms with E-state index < -0.39 is 11.6 Å². The van der Waals surface area contributed by atoms with E-state index in [-0.39, 0.29) is 33.6 Å². The lowest BCUT2D eigenvalue weighted by Gasteiger charge is -2.34. The predicted octanol–water partition coefficient (Wildman–Crippen LogP) is 5.39. The molecule has 2 aromatic carbocycles. The fourth-order valence-electron chi connectivity index (χ4n) is 7.94. The molecule has 4 fully saturated rings. The van der Waals surface area contributed by atoms with E-state index >= 15 is 4.39 Å². The first-order valence-corrected chi connectivity index (χ1v) is 15.2. The molecule has 8 rings (SSSR count). The molecule has 6 heterocycles. The largest absolute Gasteiger partial charge is 0.508 e. The molecule has 4 aliphatic heterocycles. The number of rotatable bonds is 4. The van der Waals surface area contributed by atoms with Gasteiger partial charge in [-0.15, -0.1) is 6.42 Å². The van der Waals surface area contributed by atoms with Crippen LogP contribution in [0, 0.1) is 24.0 Å². The molecule has 218 valence electrons. The minimum Gasteiger partial charge on any atom is -0.508 e. The van der Waals surface area contributed by atoms with E-state index in [2.05, 4.69) is 32.1 Å². The van der Waals surface area contributed by atoms with Crippen LogP contribution >= 0.6 is 0 Å². The highest BCUT2D eigenvalue weighted by Gasteiger charge is 2.42.